The quantitative estimate of drug-likeness (QED) is 0.631. The van der Waals surface area contributed by atoms with Gasteiger partial charge >= 0.3 is 16.8 Å². The maximum Gasteiger partial charge on any atom is 0.320 e. The molecule has 7 nitrogen and oxygen atoms in total. The smallest absolute Gasteiger partial charge is 0.320 e. The second kappa shape index (κ2) is 6.17. The van der Waals surface area contributed by atoms with Gasteiger partial charge in [-0.3, -0.25) is 14.4 Å². The molecule has 1 N–H and O–H groups in total. The zero-order valence-corrected chi connectivity index (χ0v) is 15.6. The number of methoxy groups -OCH3 is 2. The van der Waals surface area contributed by atoms with Gasteiger partial charge in [-0.25, -0.2) is 0 Å². The zero-order valence-electron chi connectivity index (χ0n) is 14.0. The Balaban J connectivity index is 1.98. The van der Waals surface area contributed by atoms with Crippen molar-refractivity contribution in [3.05, 3.63) is 38.3 Å². The summed E-state index contributed by atoms with van der Waals surface area (Å²) in [6.07, 6.45) is -0.123. The molecule has 0 spiro atoms. The van der Waals surface area contributed by atoms with Crippen LogP contribution in [0.3, 0.4) is 0 Å². The minimum absolute atomic E-state index is 0.123. The molecule has 0 bridgehead atoms. The lowest BCUT2D eigenvalue weighted by Crippen LogP contribution is -2.49. The zero-order chi connectivity index (χ0) is 18.5. The van der Waals surface area contributed by atoms with E-state index in [-0.39, 0.29) is 11.3 Å². The van der Waals surface area contributed by atoms with Crippen LogP contribution in [0, 0.1) is 5.41 Å². The maximum atomic E-state index is 13.1. The van der Waals surface area contributed by atoms with Crippen LogP contribution in [0.15, 0.2) is 28.0 Å². The lowest BCUT2D eigenvalue weighted by atomic mass is 9.68. The van der Waals surface area contributed by atoms with E-state index in [9.17, 15) is 14.4 Å². The van der Waals surface area contributed by atoms with E-state index in [0.29, 0.717) is 17.3 Å². The first kappa shape index (κ1) is 17.2. The number of carbonyl (C=O) groups excluding carboxylic acids is 2. The van der Waals surface area contributed by atoms with Crippen LogP contribution in [0.2, 0.25) is 0 Å². The van der Waals surface area contributed by atoms with Crippen LogP contribution in [0.25, 0.3) is 0 Å². The number of para-hydroxylation sites is 1. The average Bonchev–Trinajstić information content (AvgIpc) is 3.01. The van der Waals surface area contributed by atoms with Crippen molar-refractivity contribution in [3.8, 4) is 11.5 Å². The fourth-order valence-corrected chi connectivity index (χ4v) is 6.10. The minimum atomic E-state index is -1.13. The highest BCUT2D eigenvalue weighted by Gasteiger charge is 2.57. The van der Waals surface area contributed by atoms with Crippen molar-refractivity contribution in [2.45, 2.75) is 17.4 Å². The van der Waals surface area contributed by atoms with Crippen LogP contribution in [-0.2, 0) is 14.3 Å². The van der Waals surface area contributed by atoms with E-state index < -0.39 is 23.3 Å². The third kappa shape index (κ3) is 2.38. The van der Waals surface area contributed by atoms with Gasteiger partial charge in [-0.15, -0.1) is 11.8 Å². The molecule has 0 radical (unpaired) electrons. The number of thiazole rings is 1. The first-order chi connectivity index (χ1) is 12.5. The van der Waals surface area contributed by atoms with Crippen LogP contribution < -0.4 is 14.3 Å². The molecule has 0 aliphatic carbocycles. The predicted octanol–water partition coefficient (Wildman–Crippen LogP) is 2.15. The lowest BCUT2D eigenvalue weighted by molar-refractivity contribution is -0.156. The number of esters is 2. The fourth-order valence-electron chi connectivity index (χ4n) is 3.55. The van der Waals surface area contributed by atoms with Gasteiger partial charge in [-0.05, 0) is 6.07 Å². The van der Waals surface area contributed by atoms with E-state index >= 15 is 0 Å². The number of benzene rings is 1. The number of ether oxygens (including phenoxy) is 3. The van der Waals surface area contributed by atoms with Crippen molar-refractivity contribution in [1.82, 2.24) is 4.98 Å². The number of fused-ring (bicyclic) bond motifs is 5. The summed E-state index contributed by atoms with van der Waals surface area (Å²) >= 11 is 2.41. The number of hydrogen-bond donors (Lipinski definition) is 1. The van der Waals surface area contributed by atoms with Gasteiger partial charge in [-0.2, -0.15) is 0 Å². The van der Waals surface area contributed by atoms with E-state index in [0.717, 1.165) is 26.8 Å². The molecule has 0 fully saturated rings. The maximum absolute atomic E-state index is 13.1. The number of aromatic nitrogens is 1. The van der Waals surface area contributed by atoms with Gasteiger partial charge in [-0.1, -0.05) is 23.5 Å². The average molecular weight is 393 g/mol. The number of rotatable bonds is 3. The van der Waals surface area contributed by atoms with Crippen molar-refractivity contribution < 1.29 is 23.8 Å². The molecule has 2 atom stereocenters. The Kier molecular flexibility index (Phi) is 4.07. The van der Waals surface area contributed by atoms with Crippen molar-refractivity contribution in [3.63, 3.8) is 0 Å². The van der Waals surface area contributed by atoms with Crippen LogP contribution in [0.4, 0.5) is 0 Å². The van der Waals surface area contributed by atoms with Crippen LogP contribution in [0.5, 0.6) is 11.5 Å². The van der Waals surface area contributed by atoms with Crippen molar-refractivity contribution >= 4 is 35.0 Å². The SMILES string of the molecule is COC(=O)C[C@]12CSc3[nH]c(=O)sc3[C@@H]1c1cccc(OC)c1OC2=O. The van der Waals surface area contributed by atoms with E-state index in [2.05, 4.69) is 4.98 Å². The summed E-state index contributed by atoms with van der Waals surface area (Å²) in [5.41, 5.74) is -0.403. The largest absolute Gasteiger partial charge is 0.493 e. The van der Waals surface area contributed by atoms with Crippen molar-refractivity contribution in [1.29, 1.82) is 0 Å². The molecule has 0 unspecified atom stereocenters. The van der Waals surface area contributed by atoms with Crippen LogP contribution in [-0.4, -0.2) is 36.9 Å². The molecule has 2 aromatic rings. The number of carbonyl (C=O) groups is 2. The molecular weight excluding hydrogens is 378 g/mol. The van der Waals surface area contributed by atoms with E-state index in [4.69, 9.17) is 14.2 Å². The lowest BCUT2D eigenvalue weighted by Gasteiger charge is -2.44. The second-order valence-electron chi connectivity index (χ2n) is 6.11. The standard InChI is InChI=1S/C17H15NO6S2/c1-22-9-5-3-4-8-11-13-14(18-16(21)26-13)25-7-17(11,6-10(19)23-2)15(20)24-12(8)9/h3-5,11H,6-7H2,1-2H3,(H,18,21)/t11-,17-/m0/s1. The number of H-pyrrole nitrogens is 1. The summed E-state index contributed by atoms with van der Waals surface area (Å²) in [6.45, 7) is 0. The number of nitrogens with one attached hydrogen (secondary N) is 1. The van der Waals surface area contributed by atoms with Gasteiger partial charge in [0, 0.05) is 22.1 Å². The topological polar surface area (TPSA) is 94.7 Å². The third-order valence-electron chi connectivity index (χ3n) is 4.76. The van der Waals surface area contributed by atoms with E-state index in [1.807, 2.05) is 6.07 Å². The van der Waals surface area contributed by atoms with Crippen molar-refractivity contribution in [2.75, 3.05) is 20.0 Å². The molecule has 4 rings (SSSR count). The Morgan fingerprint density at radius 2 is 2.19 bits per heavy atom. The Morgan fingerprint density at radius 1 is 1.38 bits per heavy atom. The van der Waals surface area contributed by atoms with Crippen LogP contribution >= 0.6 is 23.1 Å². The highest BCUT2D eigenvalue weighted by atomic mass is 32.2. The molecular formula is C17H15NO6S2. The molecule has 136 valence electrons. The van der Waals surface area contributed by atoms with Gasteiger partial charge in [0.15, 0.2) is 11.5 Å². The van der Waals surface area contributed by atoms with Gasteiger partial charge in [0.25, 0.3) is 0 Å². The van der Waals surface area contributed by atoms with Gasteiger partial charge < -0.3 is 19.2 Å². The number of hydrogen-bond acceptors (Lipinski definition) is 8. The molecule has 2 aliphatic heterocycles. The third-order valence-corrected chi connectivity index (χ3v) is 7.11. The molecule has 26 heavy (non-hydrogen) atoms. The minimum Gasteiger partial charge on any atom is -0.493 e. The molecule has 0 saturated heterocycles. The summed E-state index contributed by atoms with van der Waals surface area (Å²) in [6, 6.07) is 5.35. The van der Waals surface area contributed by atoms with Crippen molar-refractivity contribution in [2.24, 2.45) is 5.41 Å². The summed E-state index contributed by atoms with van der Waals surface area (Å²) in [5.74, 6) is -0.404. The fraction of sp³-hybridized carbons (Fsp3) is 0.353. The molecule has 0 saturated carbocycles. The Bertz CT molecular complexity index is 964. The number of thioether (sulfide) groups is 1. The summed E-state index contributed by atoms with van der Waals surface area (Å²) in [5, 5.41) is 0.731. The molecule has 1 aromatic heterocycles. The van der Waals surface area contributed by atoms with Crippen LogP contribution in [0.1, 0.15) is 22.8 Å². The normalized spacial score (nSPS) is 23.3. The summed E-state index contributed by atoms with van der Waals surface area (Å²) in [7, 11) is 2.78. The molecule has 9 heteroatoms. The Morgan fingerprint density at radius 3 is 2.92 bits per heavy atom. The van der Waals surface area contributed by atoms with E-state index in [1.165, 1.54) is 26.0 Å². The van der Waals surface area contributed by atoms with Gasteiger partial charge in [0.2, 0.25) is 0 Å². The van der Waals surface area contributed by atoms with Gasteiger partial charge in [0.05, 0.1) is 25.7 Å². The highest BCUT2D eigenvalue weighted by Crippen LogP contribution is 2.59. The van der Waals surface area contributed by atoms with Gasteiger partial charge in [0.1, 0.15) is 5.41 Å². The molecule has 2 aliphatic rings. The first-order valence-electron chi connectivity index (χ1n) is 7.82. The Hall–Kier alpha value is -2.26. The second-order valence-corrected chi connectivity index (χ2v) is 8.11. The first-order valence-corrected chi connectivity index (χ1v) is 9.62. The number of aromatic amines is 1. The summed E-state index contributed by atoms with van der Waals surface area (Å²) in [4.78, 5) is 40.5. The Labute approximate surface area is 156 Å². The monoisotopic (exact) mass is 393 g/mol. The highest BCUT2D eigenvalue weighted by molar-refractivity contribution is 7.99. The molecule has 3 heterocycles. The van der Waals surface area contributed by atoms with E-state index in [1.54, 1.807) is 12.1 Å². The molecule has 1 aromatic carbocycles. The summed E-state index contributed by atoms with van der Waals surface area (Å²) < 4.78 is 15.8. The predicted molar refractivity (Wildman–Crippen MR) is 95.2 cm³/mol. The molecule has 0 amide bonds.